The number of fused-ring (bicyclic) bond motifs is 1. The van der Waals surface area contributed by atoms with Gasteiger partial charge in [0.05, 0.1) is 14.2 Å². The molecule has 0 radical (unpaired) electrons. The summed E-state index contributed by atoms with van der Waals surface area (Å²) in [5, 5.41) is 0. The highest BCUT2D eigenvalue weighted by Crippen LogP contribution is 2.34. The van der Waals surface area contributed by atoms with Crippen molar-refractivity contribution in [2.75, 3.05) is 34.6 Å². The molecule has 0 amide bonds. The molecule has 2 aliphatic heterocycles. The van der Waals surface area contributed by atoms with E-state index < -0.39 is 0 Å². The molecule has 4 rings (SSSR count). The van der Waals surface area contributed by atoms with Crippen molar-refractivity contribution in [2.24, 2.45) is 5.41 Å². The molecule has 2 atom stereocenters. The van der Waals surface area contributed by atoms with Crippen LogP contribution in [0.1, 0.15) is 65.0 Å². The molecule has 0 spiro atoms. The van der Waals surface area contributed by atoms with E-state index in [9.17, 15) is 9.59 Å². The molecule has 2 heterocycles. The van der Waals surface area contributed by atoms with Crippen molar-refractivity contribution in [3.8, 4) is 17.2 Å². The van der Waals surface area contributed by atoms with Crippen LogP contribution in [0, 0.1) is 5.41 Å². The molecule has 0 bridgehead atoms. The SMILES string of the molecule is CC.CCC(C)(C)CC=O.COC(=O)C1CC(N(C)Cc2cccc(OC)c2)CN1Cc1ccc2c(c1)OCO2. The molecule has 2 aromatic carbocycles. The van der Waals surface area contributed by atoms with Gasteiger partial charge in [0.15, 0.2) is 11.5 Å². The second-order valence-corrected chi connectivity index (χ2v) is 10.7. The summed E-state index contributed by atoms with van der Waals surface area (Å²) in [6, 6.07) is 14.0. The minimum absolute atomic E-state index is 0.187. The lowest BCUT2D eigenvalue weighted by Gasteiger charge is -2.25. The van der Waals surface area contributed by atoms with E-state index >= 15 is 0 Å². The Labute approximate surface area is 240 Å². The van der Waals surface area contributed by atoms with Gasteiger partial charge in [0.1, 0.15) is 18.1 Å². The van der Waals surface area contributed by atoms with Gasteiger partial charge in [-0.15, -0.1) is 0 Å². The standard InChI is InChI=1S/C23H28N2O5.C7H14O.C2H6/c1-24(12-16-5-4-6-19(9-16)27-2)18-11-20(23(26)28-3)25(14-18)13-17-7-8-21-22(10-17)30-15-29-21;1-4-7(2,3)5-6-8;1-2/h4-10,18,20H,11-15H2,1-3H3;6H,4-5H2,1-3H3;1-2H3. The number of nitrogens with zero attached hydrogens (tertiary/aromatic N) is 2. The highest BCUT2D eigenvalue weighted by Gasteiger charge is 2.39. The fourth-order valence-corrected chi connectivity index (χ4v) is 4.59. The summed E-state index contributed by atoms with van der Waals surface area (Å²) in [7, 11) is 5.23. The minimum atomic E-state index is -0.266. The number of ether oxygens (including phenoxy) is 4. The Morgan fingerprint density at radius 3 is 2.45 bits per heavy atom. The van der Waals surface area contributed by atoms with Gasteiger partial charge < -0.3 is 23.7 Å². The molecule has 0 saturated carbocycles. The Bertz CT molecular complexity index is 1070. The molecule has 8 nitrogen and oxygen atoms in total. The lowest BCUT2D eigenvalue weighted by atomic mass is 9.87. The maximum absolute atomic E-state index is 12.5. The third-order valence-electron chi connectivity index (χ3n) is 7.46. The number of esters is 1. The van der Waals surface area contributed by atoms with Crippen LogP contribution >= 0.6 is 0 Å². The van der Waals surface area contributed by atoms with Crippen LogP contribution in [0.15, 0.2) is 42.5 Å². The number of methoxy groups -OCH3 is 2. The number of likely N-dealkylation sites (N-methyl/N-ethyl adjacent to an activating group) is 1. The fraction of sp³-hybridized carbons (Fsp3) is 0.562. The third kappa shape index (κ3) is 9.52. The molecule has 0 aromatic heterocycles. The van der Waals surface area contributed by atoms with E-state index in [2.05, 4.69) is 43.7 Å². The van der Waals surface area contributed by atoms with E-state index in [0.717, 1.165) is 55.0 Å². The normalized spacial score (nSPS) is 17.8. The predicted octanol–water partition coefficient (Wildman–Crippen LogP) is 5.71. The first kappa shape index (κ1) is 33.1. The van der Waals surface area contributed by atoms with E-state index in [1.807, 2.05) is 50.2 Å². The van der Waals surface area contributed by atoms with Crippen LogP contribution in [0.5, 0.6) is 17.2 Å². The van der Waals surface area contributed by atoms with E-state index in [1.54, 1.807) is 7.11 Å². The summed E-state index contributed by atoms with van der Waals surface area (Å²) in [6.45, 7) is 12.8. The van der Waals surface area contributed by atoms with Gasteiger partial charge in [0.25, 0.3) is 0 Å². The maximum Gasteiger partial charge on any atom is 0.323 e. The fourth-order valence-electron chi connectivity index (χ4n) is 4.59. The molecular formula is C32H48N2O6. The molecule has 222 valence electrons. The molecule has 2 aromatic rings. The topological polar surface area (TPSA) is 77.5 Å². The molecule has 1 fully saturated rings. The first-order chi connectivity index (χ1) is 19.2. The largest absolute Gasteiger partial charge is 0.497 e. The number of benzene rings is 2. The van der Waals surface area contributed by atoms with Crippen LogP contribution in [0.3, 0.4) is 0 Å². The number of likely N-dealkylation sites (tertiary alicyclic amines) is 1. The zero-order valence-corrected chi connectivity index (χ0v) is 25.6. The molecule has 40 heavy (non-hydrogen) atoms. The van der Waals surface area contributed by atoms with Gasteiger partial charge in [-0.25, -0.2) is 0 Å². The van der Waals surface area contributed by atoms with Gasteiger partial charge in [-0.3, -0.25) is 14.6 Å². The van der Waals surface area contributed by atoms with Crippen molar-refractivity contribution in [2.45, 2.75) is 79.1 Å². The average Bonchev–Trinajstić information content (AvgIpc) is 3.61. The van der Waals surface area contributed by atoms with Crippen LogP contribution in [-0.2, 0) is 27.4 Å². The van der Waals surface area contributed by atoms with Gasteiger partial charge >= 0.3 is 5.97 Å². The summed E-state index contributed by atoms with van der Waals surface area (Å²) < 4.78 is 21.3. The van der Waals surface area contributed by atoms with Crippen LogP contribution in [0.4, 0.5) is 0 Å². The third-order valence-corrected chi connectivity index (χ3v) is 7.46. The Hall–Kier alpha value is -3.10. The lowest BCUT2D eigenvalue weighted by Crippen LogP contribution is -2.36. The molecule has 8 heteroatoms. The smallest absolute Gasteiger partial charge is 0.323 e. The number of hydrogen-bond acceptors (Lipinski definition) is 8. The number of carbonyl (C=O) groups is 2. The van der Waals surface area contributed by atoms with Crippen molar-refractivity contribution in [1.29, 1.82) is 0 Å². The van der Waals surface area contributed by atoms with E-state index in [0.29, 0.717) is 13.0 Å². The number of hydrogen-bond donors (Lipinski definition) is 0. The van der Waals surface area contributed by atoms with E-state index in [-0.39, 0.29) is 30.3 Å². The Morgan fingerprint density at radius 1 is 1.10 bits per heavy atom. The van der Waals surface area contributed by atoms with Gasteiger partial charge in [-0.2, -0.15) is 0 Å². The minimum Gasteiger partial charge on any atom is -0.497 e. The van der Waals surface area contributed by atoms with Crippen molar-refractivity contribution >= 4 is 12.3 Å². The first-order valence-corrected chi connectivity index (χ1v) is 14.2. The Morgan fingerprint density at radius 2 is 1.82 bits per heavy atom. The zero-order valence-electron chi connectivity index (χ0n) is 25.6. The van der Waals surface area contributed by atoms with Crippen molar-refractivity contribution in [1.82, 2.24) is 9.80 Å². The van der Waals surface area contributed by atoms with Crippen molar-refractivity contribution < 1.29 is 28.5 Å². The predicted molar refractivity (Wildman–Crippen MR) is 158 cm³/mol. The number of aldehydes is 1. The molecule has 2 aliphatic rings. The van der Waals surface area contributed by atoms with Gasteiger partial charge in [0, 0.05) is 32.1 Å². The van der Waals surface area contributed by atoms with Gasteiger partial charge in [-0.05, 0) is 54.3 Å². The van der Waals surface area contributed by atoms with Crippen molar-refractivity contribution in [3.63, 3.8) is 0 Å². The molecule has 1 saturated heterocycles. The van der Waals surface area contributed by atoms with Crippen LogP contribution < -0.4 is 14.2 Å². The Balaban J connectivity index is 0.000000484. The number of carbonyl (C=O) groups excluding carboxylic acids is 2. The number of rotatable bonds is 10. The van der Waals surface area contributed by atoms with E-state index in [1.165, 1.54) is 12.7 Å². The maximum atomic E-state index is 12.5. The Kier molecular flexibility index (Phi) is 13.4. The van der Waals surface area contributed by atoms with E-state index in [4.69, 9.17) is 18.9 Å². The molecule has 0 aliphatic carbocycles. The lowest BCUT2D eigenvalue weighted by molar-refractivity contribution is -0.146. The van der Waals surface area contributed by atoms with Crippen LogP contribution in [0.25, 0.3) is 0 Å². The summed E-state index contributed by atoms with van der Waals surface area (Å²) in [4.78, 5) is 26.9. The van der Waals surface area contributed by atoms with Crippen molar-refractivity contribution in [3.05, 3.63) is 53.6 Å². The van der Waals surface area contributed by atoms with Crippen LogP contribution in [-0.4, -0.2) is 68.7 Å². The highest BCUT2D eigenvalue weighted by atomic mass is 16.7. The summed E-state index contributed by atoms with van der Waals surface area (Å²) in [5.41, 5.74) is 2.49. The monoisotopic (exact) mass is 556 g/mol. The summed E-state index contributed by atoms with van der Waals surface area (Å²) in [6.07, 6.45) is 3.48. The second kappa shape index (κ2) is 16.2. The zero-order chi connectivity index (χ0) is 29.7. The molecule has 2 unspecified atom stereocenters. The molecular weight excluding hydrogens is 508 g/mol. The molecule has 0 N–H and O–H groups in total. The van der Waals surface area contributed by atoms with Crippen LogP contribution in [0.2, 0.25) is 0 Å². The average molecular weight is 557 g/mol. The highest BCUT2D eigenvalue weighted by molar-refractivity contribution is 5.76. The van der Waals surface area contributed by atoms with Gasteiger partial charge in [-0.1, -0.05) is 59.2 Å². The first-order valence-electron chi connectivity index (χ1n) is 14.2. The summed E-state index contributed by atoms with van der Waals surface area (Å²) in [5.74, 6) is 2.19. The van der Waals surface area contributed by atoms with Gasteiger partial charge in [0.2, 0.25) is 6.79 Å². The summed E-state index contributed by atoms with van der Waals surface area (Å²) >= 11 is 0. The quantitative estimate of drug-likeness (QED) is 0.272. The second-order valence-electron chi connectivity index (χ2n) is 10.7.